The lowest BCUT2D eigenvalue weighted by molar-refractivity contribution is -0.135. The van der Waals surface area contributed by atoms with Crippen molar-refractivity contribution >= 4 is 27.3 Å². The van der Waals surface area contributed by atoms with Gasteiger partial charge in [0.2, 0.25) is 15.9 Å². The number of hydrogen-bond acceptors (Lipinski definition) is 4. The molecule has 2 aliphatic rings. The van der Waals surface area contributed by atoms with E-state index in [1.807, 2.05) is 18.7 Å². The zero-order valence-corrected chi connectivity index (χ0v) is 18.8. The van der Waals surface area contributed by atoms with Gasteiger partial charge in [-0.05, 0) is 53.8 Å². The van der Waals surface area contributed by atoms with E-state index in [0.29, 0.717) is 31.0 Å². The molecule has 2 unspecified atom stereocenters. The Hall–Kier alpha value is -1.77. The molecule has 0 aliphatic carbocycles. The second-order valence-electron chi connectivity index (χ2n) is 8.53. The van der Waals surface area contributed by atoms with E-state index in [0.717, 1.165) is 12.0 Å². The van der Waals surface area contributed by atoms with Crippen molar-refractivity contribution < 1.29 is 17.6 Å². The molecule has 0 saturated carbocycles. The van der Waals surface area contributed by atoms with Crippen LogP contribution in [0.2, 0.25) is 0 Å². The summed E-state index contributed by atoms with van der Waals surface area (Å²) >= 11 is 1.38. The lowest BCUT2D eigenvalue weighted by atomic mass is 9.86. The normalized spacial score (nSPS) is 23.5. The number of thiophene rings is 1. The third-order valence-electron chi connectivity index (χ3n) is 6.38. The number of piperidine rings is 1. The zero-order valence-electron chi connectivity index (χ0n) is 17.2. The summed E-state index contributed by atoms with van der Waals surface area (Å²) in [7, 11) is -3.47. The van der Waals surface area contributed by atoms with Gasteiger partial charge in [0.15, 0.2) is 0 Å². The highest BCUT2D eigenvalue weighted by Gasteiger charge is 2.45. The van der Waals surface area contributed by atoms with E-state index >= 15 is 0 Å². The van der Waals surface area contributed by atoms with Crippen LogP contribution >= 0.6 is 11.3 Å². The number of rotatable bonds is 5. The molecular formula is C22H27FN2O3S2. The molecule has 2 aromatic rings. The summed E-state index contributed by atoms with van der Waals surface area (Å²) in [5.74, 6) is -0.331. The minimum Gasteiger partial charge on any atom is -0.339 e. The molecule has 1 amide bonds. The maximum Gasteiger partial charge on any atom is 0.243 e. The highest BCUT2D eigenvalue weighted by Crippen LogP contribution is 2.37. The Morgan fingerprint density at radius 3 is 2.50 bits per heavy atom. The second-order valence-corrected chi connectivity index (χ2v) is 11.2. The fourth-order valence-corrected chi connectivity index (χ4v) is 7.38. The predicted molar refractivity (Wildman–Crippen MR) is 115 cm³/mol. The van der Waals surface area contributed by atoms with Gasteiger partial charge in [-0.2, -0.15) is 15.6 Å². The van der Waals surface area contributed by atoms with E-state index in [1.165, 1.54) is 23.5 Å². The van der Waals surface area contributed by atoms with Crippen LogP contribution in [0.25, 0.3) is 0 Å². The van der Waals surface area contributed by atoms with Crippen molar-refractivity contribution in [3.05, 3.63) is 52.5 Å². The van der Waals surface area contributed by atoms with Crippen LogP contribution in [0, 0.1) is 17.7 Å². The molecule has 30 heavy (non-hydrogen) atoms. The molecule has 0 spiro atoms. The van der Waals surface area contributed by atoms with Crippen LogP contribution < -0.4 is 0 Å². The first-order valence-corrected chi connectivity index (χ1v) is 12.8. The van der Waals surface area contributed by atoms with Crippen molar-refractivity contribution in [2.45, 2.75) is 43.5 Å². The summed E-state index contributed by atoms with van der Waals surface area (Å²) in [4.78, 5) is 15.8. The average molecular weight is 451 g/mol. The molecular weight excluding hydrogens is 423 g/mol. The summed E-state index contributed by atoms with van der Waals surface area (Å²) in [5.41, 5.74) is 0.831. The molecule has 0 N–H and O–H groups in total. The number of halogens is 1. The highest BCUT2D eigenvalue weighted by molar-refractivity contribution is 7.89. The van der Waals surface area contributed by atoms with Crippen LogP contribution in [-0.2, 0) is 14.8 Å². The van der Waals surface area contributed by atoms with Gasteiger partial charge >= 0.3 is 0 Å². The van der Waals surface area contributed by atoms with Crippen LogP contribution in [0.15, 0.2) is 46.0 Å². The molecule has 4 rings (SSSR count). The number of fused-ring (bicyclic) bond motifs is 1. The fourth-order valence-electron chi connectivity index (χ4n) is 4.85. The minimum absolute atomic E-state index is 0.0631. The summed E-state index contributed by atoms with van der Waals surface area (Å²) in [6, 6.07) is 7.90. The van der Waals surface area contributed by atoms with Gasteiger partial charge in [-0.1, -0.05) is 26.0 Å². The van der Waals surface area contributed by atoms with Crippen LogP contribution in [0.4, 0.5) is 4.39 Å². The molecule has 8 heteroatoms. The summed E-state index contributed by atoms with van der Waals surface area (Å²) in [6.45, 7) is 5.54. The van der Waals surface area contributed by atoms with Crippen LogP contribution in [-0.4, -0.2) is 49.2 Å². The number of hydrogen-bond donors (Lipinski definition) is 0. The summed E-state index contributed by atoms with van der Waals surface area (Å²) in [6.07, 6.45) is 1.45. The van der Waals surface area contributed by atoms with E-state index in [9.17, 15) is 17.6 Å². The SMILES string of the molecule is CC(C)[C@H](C(=O)N1CCC2CN(S(=O)(=O)c3ccsc3)CCC21)c1ccc(F)cc1. The Bertz CT molecular complexity index is 990. The van der Waals surface area contributed by atoms with Crippen LogP contribution in [0.5, 0.6) is 0 Å². The summed E-state index contributed by atoms with van der Waals surface area (Å²) < 4.78 is 40.7. The van der Waals surface area contributed by atoms with Gasteiger partial charge in [0.1, 0.15) is 5.82 Å². The quantitative estimate of drug-likeness (QED) is 0.693. The first kappa shape index (κ1) is 21.5. The smallest absolute Gasteiger partial charge is 0.243 e. The van der Waals surface area contributed by atoms with Gasteiger partial charge < -0.3 is 4.90 Å². The van der Waals surface area contributed by atoms with E-state index in [-0.39, 0.29) is 35.5 Å². The largest absolute Gasteiger partial charge is 0.339 e. The van der Waals surface area contributed by atoms with Gasteiger partial charge in [0.05, 0.1) is 10.8 Å². The molecule has 2 fully saturated rings. The van der Waals surface area contributed by atoms with Gasteiger partial charge in [-0.15, -0.1) is 0 Å². The Balaban J connectivity index is 1.50. The number of nitrogens with zero attached hydrogens (tertiary/aromatic N) is 2. The number of carbonyl (C=O) groups is 1. The molecule has 1 aromatic heterocycles. The maximum atomic E-state index is 13.5. The van der Waals surface area contributed by atoms with Gasteiger partial charge in [-0.25, -0.2) is 12.8 Å². The number of sulfonamides is 1. The molecule has 5 nitrogen and oxygen atoms in total. The maximum absolute atomic E-state index is 13.5. The number of benzene rings is 1. The molecule has 1 aromatic carbocycles. The monoisotopic (exact) mass is 450 g/mol. The second kappa shape index (κ2) is 8.40. The third kappa shape index (κ3) is 3.92. The average Bonchev–Trinajstić information content (AvgIpc) is 3.39. The molecule has 3 atom stereocenters. The van der Waals surface area contributed by atoms with Crippen molar-refractivity contribution in [1.29, 1.82) is 0 Å². The number of carbonyl (C=O) groups excluding carboxylic acids is 1. The van der Waals surface area contributed by atoms with Crippen LogP contribution in [0.3, 0.4) is 0 Å². The van der Waals surface area contributed by atoms with E-state index < -0.39 is 10.0 Å². The predicted octanol–water partition coefficient (Wildman–Crippen LogP) is 3.94. The Labute approximate surface area is 181 Å². The van der Waals surface area contributed by atoms with Crippen molar-refractivity contribution in [2.75, 3.05) is 19.6 Å². The van der Waals surface area contributed by atoms with Crippen molar-refractivity contribution in [2.24, 2.45) is 11.8 Å². The van der Waals surface area contributed by atoms with E-state index in [2.05, 4.69) is 0 Å². The van der Waals surface area contributed by atoms with Gasteiger partial charge in [0, 0.05) is 31.1 Å². The van der Waals surface area contributed by atoms with E-state index in [4.69, 9.17) is 0 Å². The molecule has 0 bridgehead atoms. The lowest BCUT2D eigenvalue weighted by Crippen LogP contribution is -2.50. The number of amides is 1. The van der Waals surface area contributed by atoms with Crippen molar-refractivity contribution in [3.63, 3.8) is 0 Å². The van der Waals surface area contributed by atoms with E-state index in [1.54, 1.807) is 33.3 Å². The fraction of sp³-hybridized carbons (Fsp3) is 0.500. The lowest BCUT2D eigenvalue weighted by Gasteiger charge is -2.38. The molecule has 162 valence electrons. The molecule has 2 saturated heterocycles. The Kier molecular flexibility index (Phi) is 6.01. The molecule has 0 radical (unpaired) electrons. The first-order valence-electron chi connectivity index (χ1n) is 10.4. The minimum atomic E-state index is -3.47. The number of likely N-dealkylation sites (tertiary alicyclic amines) is 1. The third-order valence-corrected chi connectivity index (χ3v) is 9.07. The van der Waals surface area contributed by atoms with Crippen molar-refractivity contribution in [3.8, 4) is 0 Å². The van der Waals surface area contributed by atoms with Crippen LogP contribution in [0.1, 0.15) is 38.2 Å². The van der Waals surface area contributed by atoms with Gasteiger partial charge in [-0.3, -0.25) is 4.79 Å². The molecule has 3 heterocycles. The standard InChI is InChI=1S/C22H27FN2O3S2/c1-15(2)21(16-3-5-18(23)6-4-16)22(26)25-11-7-17-13-24(10-8-20(17)25)30(27,28)19-9-12-29-14-19/h3-6,9,12,14-15,17,20-21H,7-8,10-11,13H2,1-2H3/t17?,20?,21-/m0/s1. The first-order chi connectivity index (χ1) is 14.3. The molecule has 2 aliphatic heterocycles. The summed E-state index contributed by atoms with van der Waals surface area (Å²) in [5, 5.41) is 3.44. The van der Waals surface area contributed by atoms with Gasteiger partial charge in [0.25, 0.3) is 0 Å². The van der Waals surface area contributed by atoms with Crippen molar-refractivity contribution in [1.82, 2.24) is 9.21 Å². The topological polar surface area (TPSA) is 57.7 Å². The highest BCUT2D eigenvalue weighted by atomic mass is 32.2. The Morgan fingerprint density at radius 2 is 1.87 bits per heavy atom. The zero-order chi connectivity index (χ0) is 21.5. The Morgan fingerprint density at radius 1 is 1.13 bits per heavy atom.